The molecule has 2 aromatic carbocycles. The van der Waals surface area contributed by atoms with E-state index < -0.39 is 23.6 Å². The largest absolute Gasteiger partial charge is 0.288 e. The lowest BCUT2D eigenvalue weighted by Gasteiger charge is -2.12. The number of fused-ring (bicyclic) bond motifs is 2. The van der Waals surface area contributed by atoms with Crippen molar-refractivity contribution in [3.63, 3.8) is 0 Å². The number of aryl methyl sites for hydroxylation is 2. The molecule has 0 spiro atoms. The molecule has 0 aromatic heterocycles. The molecule has 0 fully saturated rings. The molecule has 2 aliphatic heterocycles. The Morgan fingerprint density at radius 1 is 0.571 bits per heavy atom. The van der Waals surface area contributed by atoms with Gasteiger partial charge in [-0.1, -0.05) is 0 Å². The molecule has 0 atom stereocenters. The molecule has 6 nitrogen and oxygen atoms in total. The van der Waals surface area contributed by atoms with Crippen LogP contribution in [0.25, 0.3) is 0 Å². The maximum absolute atomic E-state index is 12.0. The molecule has 0 aliphatic carbocycles. The van der Waals surface area contributed by atoms with Crippen molar-refractivity contribution >= 4 is 87.3 Å². The van der Waals surface area contributed by atoms with Gasteiger partial charge in [0.1, 0.15) is 0 Å². The van der Waals surface area contributed by atoms with Crippen molar-refractivity contribution in [2.75, 3.05) is 0 Å². The molecular formula is C18H8Br4N2O4. The van der Waals surface area contributed by atoms with Gasteiger partial charge in [0, 0.05) is 17.9 Å². The van der Waals surface area contributed by atoms with E-state index in [2.05, 4.69) is 74.4 Å². The van der Waals surface area contributed by atoms with Gasteiger partial charge in [-0.25, -0.2) is 0 Å². The van der Waals surface area contributed by atoms with Crippen molar-refractivity contribution in [3.8, 4) is 0 Å². The SMILES string of the molecule is O=C1NC(=O)c2c1cc(CCc1cc3c(c(Br)c1Br)C(=O)NC3=O)c(Br)c2Br. The van der Waals surface area contributed by atoms with E-state index in [0.717, 1.165) is 11.1 Å². The van der Waals surface area contributed by atoms with Crippen LogP contribution in [0.3, 0.4) is 0 Å². The van der Waals surface area contributed by atoms with E-state index in [1.165, 1.54) is 0 Å². The van der Waals surface area contributed by atoms with Gasteiger partial charge in [-0.3, -0.25) is 29.8 Å². The number of hydrogen-bond donors (Lipinski definition) is 2. The van der Waals surface area contributed by atoms with Crippen LogP contribution >= 0.6 is 63.7 Å². The van der Waals surface area contributed by atoms with E-state index in [0.29, 0.717) is 53.0 Å². The predicted octanol–water partition coefficient (Wildman–Crippen LogP) is 4.29. The first-order valence-corrected chi connectivity index (χ1v) is 11.1. The minimum atomic E-state index is -0.430. The fourth-order valence-corrected chi connectivity index (χ4v) is 5.58. The first-order valence-electron chi connectivity index (χ1n) is 7.93. The maximum atomic E-state index is 12.0. The van der Waals surface area contributed by atoms with Gasteiger partial charge in [0.05, 0.1) is 22.3 Å². The Kier molecular flexibility index (Phi) is 5.09. The second-order valence-corrected chi connectivity index (χ2v) is 9.41. The van der Waals surface area contributed by atoms with Crippen LogP contribution in [-0.4, -0.2) is 23.6 Å². The van der Waals surface area contributed by atoms with Crippen molar-refractivity contribution in [3.05, 3.63) is 63.4 Å². The molecule has 0 unspecified atom stereocenters. The highest BCUT2D eigenvalue weighted by molar-refractivity contribution is 9.13. The third kappa shape index (κ3) is 3.01. The van der Waals surface area contributed by atoms with Crippen LogP contribution in [0.1, 0.15) is 52.6 Å². The van der Waals surface area contributed by atoms with Gasteiger partial charge in [0.25, 0.3) is 23.6 Å². The van der Waals surface area contributed by atoms with Crippen molar-refractivity contribution < 1.29 is 19.2 Å². The summed E-state index contributed by atoms with van der Waals surface area (Å²) in [5, 5.41) is 4.57. The van der Waals surface area contributed by atoms with Crippen LogP contribution in [0.2, 0.25) is 0 Å². The molecule has 4 rings (SSSR count). The molecule has 2 aliphatic rings. The summed E-state index contributed by atoms with van der Waals surface area (Å²) in [6.45, 7) is 0. The van der Waals surface area contributed by atoms with Crippen molar-refractivity contribution in [2.45, 2.75) is 12.8 Å². The fourth-order valence-electron chi connectivity index (χ4n) is 3.26. The molecule has 2 aromatic rings. The second-order valence-electron chi connectivity index (χ2n) is 6.24. The average Bonchev–Trinajstić information content (AvgIpc) is 3.08. The van der Waals surface area contributed by atoms with E-state index in [4.69, 9.17) is 0 Å². The highest BCUT2D eigenvalue weighted by Crippen LogP contribution is 2.38. The summed E-state index contributed by atoms with van der Waals surface area (Å²) in [6, 6.07) is 3.38. The lowest BCUT2D eigenvalue weighted by Crippen LogP contribution is -2.20. The number of rotatable bonds is 3. The Morgan fingerprint density at radius 3 is 1.29 bits per heavy atom. The monoisotopic (exact) mass is 632 g/mol. The van der Waals surface area contributed by atoms with Gasteiger partial charge >= 0.3 is 0 Å². The number of benzene rings is 2. The number of carbonyl (C=O) groups excluding carboxylic acids is 4. The molecule has 10 heteroatoms. The first kappa shape index (κ1) is 19.9. The summed E-state index contributed by atoms with van der Waals surface area (Å²) in [5.41, 5.74) is 2.96. The summed E-state index contributed by atoms with van der Waals surface area (Å²) in [6.07, 6.45) is 1.07. The van der Waals surface area contributed by atoms with Gasteiger partial charge in [-0.05, 0) is 99.8 Å². The third-order valence-corrected chi connectivity index (χ3v) is 9.09. The third-order valence-electron chi connectivity index (χ3n) is 4.63. The first-order chi connectivity index (χ1) is 13.2. The fraction of sp³-hybridized carbons (Fsp3) is 0.111. The van der Waals surface area contributed by atoms with Gasteiger partial charge in [0.15, 0.2) is 0 Å². The van der Waals surface area contributed by atoms with Crippen LogP contribution < -0.4 is 10.6 Å². The highest BCUT2D eigenvalue weighted by Gasteiger charge is 2.33. The molecule has 4 amide bonds. The summed E-state index contributed by atoms with van der Waals surface area (Å²) in [5.74, 6) is -1.71. The predicted molar refractivity (Wildman–Crippen MR) is 115 cm³/mol. The highest BCUT2D eigenvalue weighted by atomic mass is 79.9. The second kappa shape index (κ2) is 7.16. The maximum Gasteiger partial charge on any atom is 0.260 e. The Labute approximate surface area is 192 Å². The standard InChI is InChI=1S/C18H8Br4N2O4/c19-11-5(3-7-9(13(11)21)17(27)23-15(7)25)1-2-6-4-8-10(14(22)12(6)20)18(28)24-16(8)26/h3-4H,1-2H2,(H,23,25,27)(H,24,26,28). The molecule has 0 saturated carbocycles. The number of nitrogens with one attached hydrogen (secondary N) is 2. The number of carbonyl (C=O) groups is 4. The van der Waals surface area contributed by atoms with E-state index in [9.17, 15) is 19.2 Å². The zero-order valence-corrected chi connectivity index (χ0v) is 20.1. The molecule has 28 heavy (non-hydrogen) atoms. The Hall–Kier alpha value is -1.36. The van der Waals surface area contributed by atoms with E-state index >= 15 is 0 Å². The Balaban J connectivity index is 1.70. The molecule has 142 valence electrons. The van der Waals surface area contributed by atoms with Gasteiger partial charge in [-0.2, -0.15) is 0 Å². The van der Waals surface area contributed by atoms with Crippen molar-refractivity contribution in [1.29, 1.82) is 0 Å². The smallest absolute Gasteiger partial charge is 0.260 e. The van der Waals surface area contributed by atoms with Crippen LogP contribution in [0.15, 0.2) is 30.0 Å². The molecule has 0 radical (unpaired) electrons. The normalized spacial score (nSPS) is 14.9. The Morgan fingerprint density at radius 2 is 0.929 bits per heavy atom. The summed E-state index contributed by atoms with van der Waals surface area (Å²) in [7, 11) is 0. The van der Waals surface area contributed by atoms with Crippen molar-refractivity contribution in [2.24, 2.45) is 0 Å². The van der Waals surface area contributed by atoms with Crippen LogP contribution in [-0.2, 0) is 12.8 Å². The number of halogens is 4. The van der Waals surface area contributed by atoms with E-state index in [1.54, 1.807) is 12.1 Å². The van der Waals surface area contributed by atoms with E-state index in [1.807, 2.05) is 0 Å². The lowest BCUT2D eigenvalue weighted by molar-refractivity contribution is 0.0863. The van der Waals surface area contributed by atoms with Crippen LogP contribution in [0, 0.1) is 0 Å². The van der Waals surface area contributed by atoms with E-state index in [-0.39, 0.29) is 0 Å². The molecule has 0 bridgehead atoms. The number of hydrogen-bond acceptors (Lipinski definition) is 4. The molecule has 2 heterocycles. The Bertz CT molecular complexity index is 1050. The molecule has 0 saturated heterocycles. The zero-order chi connectivity index (χ0) is 20.3. The quantitative estimate of drug-likeness (QED) is 0.493. The average molecular weight is 636 g/mol. The number of amides is 4. The van der Waals surface area contributed by atoms with Gasteiger partial charge in [-0.15, -0.1) is 0 Å². The minimum Gasteiger partial charge on any atom is -0.288 e. The minimum absolute atomic E-state index is 0.317. The van der Waals surface area contributed by atoms with Gasteiger partial charge < -0.3 is 0 Å². The van der Waals surface area contributed by atoms with Gasteiger partial charge in [0.2, 0.25) is 0 Å². The van der Waals surface area contributed by atoms with Crippen molar-refractivity contribution in [1.82, 2.24) is 10.6 Å². The number of imide groups is 2. The lowest BCUT2D eigenvalue weighted by atomic mass is 9.98. The molecule has 2 N–H and O–H groups in total. The van der Waals surface area contributed by atoms with Crippen LogP contribution in [0.5, 0.6) is 0 Å². The molecular weight excluding hydrogens is 628 g/mol. The zero-order valence-electron chi connectivity index (χ0n) is 13.7. The van der Waals surface area contributed by atoms with Crippen LogP contribution in [0.4, 0.5) is 0 Å². The summed E-state index contributed by atoms with van der Waals surface area (Å²) >= 11 is 13.8. The summed E-state index contributed by atoms with van der Waals surface area (Å²) in [4.78, 5) is 47.9. The topological polar surface area (TPSA) is 92.3 Å². The summed E-state index contributed by atoms with van der Waals surface area (Å²) < 4.78 is 2.45.